The van der Waals surface area contributed by atoms with E-state index < -0.39 is 0 Å². The number of benzene rings is 4. The zero-order valence-electron chi connectivity index (χ0n) is 19.9. The number of aromatic hydroxyl groups is 1. The summed E-state index contributed by atoms with van der Waals surface area (Å²) in [5.74, 6) is 1.43. The van der Waals surface area contributed by atoms with Gasteiger partial charge in [-0.05, 0) is 34.0 Å². The van der Waals surface area contributed by atoms with Gasteiger partial charge in [0.2, 0.25) is 5.88 Å². The van der Waals surface area contributed by atoms with Gasteiger partial charge in [-0.15, -0.1) is 23.8 Å². The third-order valence-corrected chi connectivity index (χ3v) is 6.34. The molecule has 3 heterocycles. The fourth-order valence-electron chi connectivity index (χ4n) is 4.60. The second-order valence-corrected chi connectivity index (χ2v) is 8.69. The molecule has 0 fully saturated rings. The van der Waals surface area contributed by atoms with Crippen molar-refractivity contribution in [2.24, 2.45) is 0 Å². The second kappa shape index (κ2) is 9.73. The standard InChI is InChI=1S/C31H19N4O2.Pt/c36-31-33-26-14-5-6-15-28(26)35(31)30-25-13-4-3-9-21(25)18-29(34-30)37-24-12-7-11-22(16-24)27-17-20-8-1-2-10-23(20)19-32-27;/h1-15,17-19H,(H,33,36);/q-1;. The molecule has 0 atom stereocenters. The van der Waals surface area contributed by atoms with Crippen molar-refractivity contribution in [2.45, 2.75) is 0 Å². The minimum Gasteiger partial charge on any atom is -0.480 e. The SMILES string of the molecule is Oc1nc2ccccc2n1-c1nc(Oc2[c-]c(-c3cc4ccccc4cn3)ccc2)cc2ccccc12.[Pt]. The molecule has 7 aromatic rings. The van der Waals surface area contributed by atoms with Crippen LogP contribution in [0.5, 0.6) is 17.6 Å². The number of pyridine rings is 2. The fourth-order valence-corrected chi connectivity index (χ4v) is 4.60. The monoisotopic (exact) mass is 674 g/mol. The topological polar surface area (TPSA) is 73.1 Å². The Kier molecular flexibility index (Phi) is 6.10. The Hall–Kier alpha value is -4.54. The third kappa shape index (κ3) is 4.19. The van der Waals surface area contributed by atoms with Gasteiger partial charge in [-0.3, -0.25) is 0 Å². The van der Waals surface area contributed by atoms with Gasteiger partial charge in [-0.2, -0.15) is 9.97 Å². The summed E-state index contributed by atoms with van der Waals surface area (Å²) in [6.45, 7) is 0. The summed E-state index contributed by atoms with van der Waals surface area (Å²) in [6, 6.07) is 36.4. The normalized spacial score (nSPS) is 11.1. The molecule has 4 aromatic carbocycles. The van der Waals surface area contributed by atoms with E-state index in [1.165, 1.54) is 0 Å². The molecular formula is C31H19N4O2Pt-. The molecule has 0 radical (unpaired) electrons. The van der Waals surface area contributed by atoms with Crippen molar-refractivity contribution < 1.29 is 30.9 Å². The molecule has 7 heteroatoms. The smallest absolute Gasteiger partial charge is 0.300 e. The van der Waals surface area contributed by atoms with E-state index in [2.05, 4.69) is 22.1 Å². The van der Waals surface area contributed by atoms with Crippen LogP contribution in [-0.2, 0) is 21.1 Å². The maximum Gasteiger partial charge on any atom is 0.300 e. The molecule has 0 aliphatic carbocycles. The molecule has 0 aliphatic rings. The Morgan fingerprint density at radius 1 is 0.737 bits per heavy atom. The van der Waals surface area contributed by atoms with Crippen molar-refractivity contribution in [3.05, 3.63) is 115 Å². The number of fused-ring (bicyclic) bond motifs is 3. The quantitative estimate of drug-likeness (QED) is 0.202. The minimum absolute atomic E-state index is 0. The van der Waals surface area contributed by atoms with Crippen LogP contribution in [0.1, 0.15) is 0 Å². The minimum atomic E-state index is -0.132. The Balaban J connectivity index is 0.00000264. The molecule has 6 nitrogen and oxygen atoms in total. The van der Waals surface area contributed by atoms with Gasteiger partial charge in [0.05, 0.1) is 11.0 Å². The maximum absolute atomic E-state index is 10.7. The summed E-state index contributed by atoms with van der Waals surface area (Å²) in [6.07, 6.45) is 1.87. The van der Waals surface area contributed by atoms with E-state index in [1.807, 2.05) is 103 Å². The molecule has 7 rings (SSSR count). The van der Waals surface area contributed by atoms with E-state index in [0.29, 0.717) is 23.0 Å². The summed E-state index contributed by atoms with van der Waals surface area (Å²) >= 11 is 0. The number of hydrogen-bond acceptors (Lipinski definition) is 5. The van der Waals surface area contributed by atoms with Crippen LogP contribution in [-0.4, -0.2) is 24.6 Å². The number of ether oxygens (including phenoxy) is 1. The fraction of sp³-hybridized carbons (Fsp3) is 0. The van der Waals surface area contributed by atoms with Gasteiger partial charge in [0, 0.05) is 44.5 Å². The zero-order valence-corrected chi connectivity index (χ0v) is 22.1. The largest absolute Gasteiger partial charge is 0.480 e. The van der Waals surface area contributed by atoms with Crippen LogP contribution >= 0.6 is 0 Å². The van der Waals surface area contributed by atoms with E-state index in [4.69, 9.17) is 9.72 Å². The van der Waals surface area contributed by atoms with Crippen molar-refractivity contribution in [3.8, 4) is 34.7 Å². The molecule has 0 bridgehead atoms. The van der Waals surface area contributed by atoms with E-state index in [-0.39, 0.29) is 27.1 Å². The van der Waals surface area contributed by atoms with Gasteiger partial charge in [-0.1, -0.05) is 72.8 Å². The number of aromatic nitrogens is 4. The first-order chi connectivity index (χ1) is 18.2. The van der Waals surface area contributed by atoms with Crippen molar-refractivity contribution >= 4 is 32.6 Å². The molecule has 186 valence electrons. The van der Waals surface area contributed by atoms with Crippen LogP contribution in [0.15, 0.2) is 109 Å². The average molecular weight is 675 g/mol. The van der Waals surface area contributed by atoms with Gasteiger partial charge >= 0.3 is 6.01 Å². The summed E-state index contributed by atoms with van der Waals surface area (Å²) < 4.78 is 7.86. The van der Waals surface area contributed by atoms with E-state index in [0.717, 1.165) is 38.3 Å². The predicted octanol–water partition coefficient (Wildman–Crippen LogP) is 7.08. The first kappa shape index (κ1) is 23.8. The third-order valence-electron chi connectivity index (χ3n) is 6.34. The molecule has 1 N–H and O–H groups in total. The van der Waals surface area contributed by atoms with Gasteiger partial charge in [0.15, 0.2) is 5.82 Å². The van der Waals surface area contributed by atoms with Crippen LogP contribution < -0.4 is 4.74 Å². The van der Waals surface area contributed by atoms with Crippen LogP contribution in [0.3, 0.4) is 0 Å². The zero-order chi connectivity index (χ0) is 24.8. The number of rotatable bonds is 4. The second-order valence-electron chi connectivity index (χ2n) is 8.69. The molecule has 0 spiro atoms. The Morgan fingerprint density at radius 2 is 1.50 bits per heavy atom. The van der Waals surface area contributed by atoms with E-state index >= 15 is 0 Å². The predicted molar refractivity (Wildman–Crippen MR) is 144 cm³/mol. The molecule has 38 heavy (non-hydrogen) atoms. The van der Waals surface area contributed by atoms with Crippen molar-refractivity contribution in [1.29, 1.82) is 0 Å². The van der Waals surface area contributed by atoms with E-state index in [9.17, 15) is 5.11 Å². The van der Waals surface area contributed by atoms with Crippen molar-refractivity contribution in [3.63, 3.8) is 0 Å². The van der Waals surface area contributed by atoms with Gasteiger partial charge in [0.25, 0.3) is 0 Å². The maximum atomic E-state index is 10.7. The molecule has 3 aromatic heterocycles. The Morgan fingerprint density at radius 3 is 2.39 bits per heavy atom. The first-order valence-corrected chi connectivity index (χ1v) is 11.8. The van der Waals surface area contributed by atoms with Crippen LogP contribution in [0, 0.1) is 6.07 Å². The number of nitrogens with zero attached hydrogens (tertiary/aromatic N) is 4. The Labute approximate surface area is 232 Å². The number of imidazole rings is 1. The molecule has 0 amide bonds. The van der Waals surface area contributed by atoms with Crippen molar-refractivity contribution in [1.82, 2.24) is 19.5 Å². The van der Waals surface area contributed by atoms with Crippen LogP contribution in [0.4, 0.5) is 0 Å². The summed E-state index contributed by atoms with van der Waals surface area (Å²) in [4.78, 5) is 13.7. The van der Waals surface area contributed by atoms with Gasteiger partial charge in [-0.25, -0.2) is 4.57 Å². The first-order valence-electron chi connectivity index (χ1n) is 11.8. The van der Waals surface area contributed by atoms with Gasteiger partial charge < -0.3 is 14.8 Å². The molecule has 0 saturated heterocycles. The number of hydrogen-bond donors (Lipinski definition) is 1. The molecular weight excluding hydrogens is 655 g/mol. The summed E-state index contributed by atoms with van der Waals surface area (Å²) in [5.41, 5.74) is 3.07. The van der Waals surface area contributed by atoms with Crippen molar-refractivity contribution in [2.75, 3.05) is 0 Å². The molecule has 0 saturated carbocycles. The molecule has 0 aliphatic heterocycles. The summed E-state index contributed by atoms with van der Waals surface area (Å²) in [7, 11) is 0. The summed E-state index contributed by atoms with van der Waals surface area (Å²) in [5, 5.41) is 14.7. The molecule has 0 unspecified atom stereocenters. The Bertz CT molecular complexity index is 1950. The van der Waals surface area contributed by atoms with Crippen LogP contribution in [0.2, 0.25) is 0 Å². The van der Waals surface area contributed by atoms with Gasteiger partial charge in [0.1, 0.15) is 0 Å². The van der Waals surface area contributed by atoms with E-state index in [1.54, 1.807) is 4.57 Å². The average Bonchev–Trinajstić information content (AvgIpc) is 3.28. The van der Waals surface area contributed by atoms with Crippen LogP contribution in [0.25, 0.3) is 49.7 Å². The number of para-hydroxylation sites is 2.